The average molecular weight is 280 g/mol. The highest BCUT2D eigenvalue weighted by molar-refractivity contribution is 7.11. The molecule has 1 aromatic heterocycles. The summed E-state index contributed by atoms with van der Waals surface area (Å²) in [7, 11) is 1.80. The molecule has 1 atom stereocenters. The molecule has 2 aliphatic carbocycles. The molecule has 2 fully saturated rings. The third-order valence-corrected chi connectivity index (χ3v) is 5.07. The van der Waals surface area contributed by atoms with E-state index in [1.54, 1.807) is 7.11 Å². The summed E-state index contributed by atoms with van der Waals surface area (Å²) in [6.07, 6.45) is 5.48. The third kappa shape index (κ3) is 3.18. The lowest BCUT2D eigenvalue weighted by atomic mass is 10.1. The van der Waals surface area contributed by atoms with Crippen molar-refractivity contribution >= 4 is 11.3 Å². The Morgan fingerprint density at radius 3 is 2.58 bits per heavy atom. The number of hydrogen-bond acceptors (Lipinski definition) is 4. The molecule has 19 heavy (non-hydrogen) atoms. The standard InChI is InChI=1S/C15H24N2OS/c1-9(2)14(18-3)15-17-13(10-4-5-10)12(19-15)8-16-11-6-7-11/h9-11,14,16H,4-8H2,1-3H3. The van der Waals surface area contributed by atoms with E-state index in [-0.39, 0.29) is 6.10 Å². The molecule has 0 amide bonds. The summed E-state index contributed by atoms with van der Waals surface area (Å²) in [6, 6.07) is 0.765. The van der Waals surface area contributed by atoms with E-state index in [0.717, 1.165) is 18.5 Å². The van der Waals surface area contributed by atoms with Crippen molar-refractivity contribution in [3.05, 3.63) is 15.6 Å². The zero-order valence-corrected chi connectivity index (χ0v) is 12.9. The van der Waals surface area contributed by atoms with Crippen LogP contribution in [-0.4, -0.2) is 18.1 Å². The molecular formula is C15H24N2OS. The maximum Gasteiger partial charge on any atom is 0.122 e. The Labute approximate surface area is 119 Å². The molecule has 3 nitrogen and oxygen atoms in total. The Hall–Kier alpha value is -0.450. The molecule has 0 aliphatic heterocycles. The molecule has 4 heteroatoms. The van der Waals surface area contributed by atoms with E-state index in [0.29, 0.717) is 5.92 Å². The molecule has 0 bridgehead atoms. The summed E-state index contributed by atoms with van der Waals surface area (Å²) < 4.78 is 5.63. The van der Waals surface area contributed by atoms with Crippen LogP contribution in [0.2, 0.25) is 0 Å². The van der Waals surface area contributed by atoms with Gasteiger partial charge in [-0.15, -0.1) is 11.3 Å². The quantitative estimate of drug-likeness (QED) is 0.828. The Bertz CT molecular complexity index is 435. The fourth-order valence-corrected chi connectivity index (χ4v) is 3.84. The molecule has 106 valence electrons. The van der Waals surface area contributed by atoms with Gasteiger partial charge < -0.3 is 10.1 Å². The number of nitrogens with zero attached hydrogens (tertiary/aromatic N) is 1. The normalized spacial score (nSPS) is 21.1. The number of nitrogens with one attached hydrogen (secondary N) is 1. The molecule has 2 saturated carbocycles. The predicted molar refractivity (Wildman–Crippen MR) is 78.5 cm³/mol. The number of aromatic nitrogens is 1. The van der Waals surface area contributed by atoms with Gasteiger partial charge in [0.05, 0.1) is 5.69 Å². The van der Waals surface area contributed by atoms with E-state index in [1.807, 2.05) is 11.3 Å². The fraction of sp³-hybridized carbons (Fsp3) is 0.800. The summed E-state index contributed by atoms with van der Waals surface area (Å²) in [5, 5.41) is 4.80. The van der Waals surface area contributed by atoms with Crippen LogP contribution in [0.1, 0.15) is 67.1 Å². The second-order valence-electron chi connectivity index (χ2n) is 6.19. The molecule has 1 aromatic rings. The molecule has 0 saturated heterocycles. The van der Waals surface area contributed by atoms with Crippen molar-refractivity contribution in [3.63, 3.8) is 0 Å². The van der Waals surface area contributed by atoms with Crippen molar-refractivity contribution in [1.29, 1.82) is 0 Å². The number of hydrogen-bond donors (Lipinski definition) is 1. The number of thiazole rings is 1. The summed E-state index contributed by atoms with van der Waals surface area (Å²) >= 11 is 1.86. The minimum absolute atomic E-state index is 0.150. The van der Waals surface area contributed by atoms with E-state index in [9.17, 15) is 0 Å². The van der Waals surface area contributed by atoms with Gasteiger partial charge in [-0.25, -0.2) is 4.98 Å². The van der Waals surface area contributed by atoms with Crippen LogP contribution >= 0.6 is 11.3 Å². The van der Waals surface area contributed by atoms with Gasteiger partial charge in [0.1, 0.15) is 11.1 Å². The maximum atomic E-state index is 5.63. The van der Waals surface area contributed by atoms with Gasteiger partial charge in [0, 0.05) is 30.5 Å². The molecule has 3 rings (SSSR count). The van der Waals surface area contributed by atoms with E-state index < -0.39 is 0 Å². The van der Waals surface area contributed by atoms with Crippen LogP contribution in [-0.2, 0) is 11.3 Å². The molecular weight excluding hydrogens is 256 g/mol. The zero-order valence-electron chi connectivity index (χ0n) is 12.1. The molecule has 1 unspecified atom stereocenters. The van der Waals surface area contributed by atoms with Gasteiger partial charge in [0.25, 0.3) is 0 Å². The van der Waals surface area contributed by atoms with Gasteiger partial charge >= 0.3 is 0 Å². The molecule has 2 aliphatic rings. The molecule has 0 spiro atoms. The highest BCUT2D eigenvalue weighted by Gasteiger charge is 2.32. The van der Waals surface area contributed by atoms with Crippen LogP contribution in [0.15, 0.2) is 0 Å². The predicted octanol–water partition coefficient (Wildman–Crippen LogP) is 3.62. The topological polar surface area (TPSA) is 34.1 Å². The minimum atomic E-state index is 0.150. The second kappa shape index (κ2) is 5.51. The maximum absolute atomic E-state index is 5.63. The summed E-state index contributed by atoms with van der Waals surface area (Å²) in [6.45, 7) is 5.41. The van der Waals surface area contributed by atoms with Crippen molar-refractivity contribution in [2.24, 2.45) is 5.92 Å². The minimum Gasteiger partial charge on any atom is -0.374 e. The largest absolute Gasteiger partial charge is 0.374 e. The highest BCUT2D eigenvalue weighted by Crippen LogP contribution is 2.44. The van der Waals surface area contributed by atoms with Crippen LogP contribution in [0.3, 0.4) is 0 Å². The first-order valence-electron chi connectivity index (χ1n) is 7.44. The van der Waals surface area contributed by atoms with Crippen molar-refractivity contribution < 1.29 is 4.74 Å². The van der Waals surface area contributed by atoms with E-state index in [4.69, 9.17) is 9.72 Å². The Morgan fingerprint density at radius 1 is 1.32 bits per heavy atom. The van der Waals surface area contributed by atoms with Gasteiger partial charge in [-0.05, 0) is 31.6 Å². The van der Waals surface area contributed by atoms with Crippen molar-refractivity contribution in [1.82, 2.24) is 10.3 Å². The average Bonchev–Trinajstić information content (AvgIpc) is 3.27. The van der Waals surface area contributed by atoms with Crippen molar-refractivity contribution in [2.75, 3.05) is 7.11 Å². The van der Waals surface area contributed by atoms with E-state index in [2.05, 4.69) is 19.2 Å². The number of ether oxygens (including phenoxy) is 1. The second-order valence-corrected chi connectivity index (χ2v) is 7.31. The summed E-state index contributed by atoms with van der Waals surface area (Å²) in [4.78, 5) is 6.37. The lowest BCUT2D eigenvalue weighted by Gasteiger charge is -2.16. The van der Waals surface area contributed by atoms with Crippen LogP contribution in [0.4, 0.5) is 0 Å². The van der Waals surface area contributed by atoms with Crippen LogP contribution < -0.4 is 5.32 Å². The number of methoxy groups -OCH3 is 1. The first kappa shape index (κ1) is 13.5. The molecule has 0 radical (unpaired) electrons. The van der Waals surface area contributed by atoms with Crippen LogP contribution in [0, 0.1) is 5.92 Å². The first-order valence-corrected chi connectivity index (χ1v) is 8.26. The highest BCUT2D eigenvalue weighted by atomic mass is 32.1. The van der Waals surface area contributed by atoms with Gasteiger partial charge in [-0.3, -0.25) is 0 Å². The molecule has 1 N–H and O–H groups in total. The summed E-state index contributed by atoms with van der Waals surface area (Å²) in [5.74, 6) is 1.21. The molecule has 0 aromatic carbocycles. The van der Waals surface area contributed by atoms with E-state index in [1.165, 1.54) is 41.3 Å². The first-order chi connectivity index (χ1) is 9.19. The van der Waals surface area contributed by atoms with E-state index >= 15 is 0 Å². The van der Waals surface area contributed by atoms with Crippen LogP contribution in [0.25, 0.3) is 0 Å². The Kier molecular flexibility index (Phi) is 3.92. The van der Waals surface area contributed by atoms with Crippen LogP contribution in [0.5, 0.6) is 0 Å². The van der Waals surface area contributed by atoms with Gasteiger partial charge in [0.15, 0.2) is 0 Å². The smallest absolute Gasteiger partial charge is 0.122 e. The van der Waals surface area contributed by atoms with Crippen molar-refractivity contribution in [2.45, 2.75) is 64.1 Å². The van der Waals surface area contributed by atoms with Gasteiger partial charge in [-0.2, -0.15) is 0 Å². The lowest BCUT2D eigenvalue weighted by Crippen LogP contribution is -2.15. The lowest BCUT2D eigenvalue weighted by molar-refractivity contribution is 0.0643. The monoisotopic (exact) mass is 280 g/mol. The SMILES string of the molecule is COC(c1nc(C2CC2)c(CNC2CC2)s1)C(C)C. The van der Waals surface area contributed by atoms with Crippen molar-refractivity contribution in [3.8, 4) is 0 Å². The molecule has 1 heterocycles. The van der Waals surface area contributed by atoms with Gasteiger partial charge in [-0.1, -0.05) is 13.8 Å². The zero-order chi connectivity index (χ0) is 13.4. The third-order valence-electron chi connectivity index (χ3n) is 3.94. The summed E-state index contributed by atoms with van der Waals surface area (Å²) in [5.41, 5.74) is 1.36. The van der Waals surface area contributed by atoms with Gasteiger partial charge in [0.2, 0.25) is 0 Å². The fourth-order valence-electron chi connectivity index (χ4n) is 2.49. The Morgan fingerprint density at radius 2 is 2.05 bits per heavy atom. The Balaban J connectivity index is 1.78. The number of rotatable bonds is 7.